The van der Waals surface area contributed by atoms with Gasteiger partial charge in [0.1, 0.15) is 17.1 Å². The van der Waals surface area contributed by atoms with Crippen molar-refractivity contribution in [2.45, 2.75) is 19.4 Å². The highest BCUT2D eigenvalue weighted by molar-refractivity contribution is 5.97. The summed E-state index contributed by atoms with van der Waals surface area (Å²) in [6, 6.07) is 3.72. The maximum atomic E-state index is 13.4. The van der Waals surface area contributed by atoms with Gasteiger partial charge in [-0.25, -0.2) is 4.39 Å². The molecule has 18 heavy (non-hydrogen) atoms. The van der Waals surface area contributed by atoms with E-state index in [0.29, 0.717) is 0 Å². The summed E-state index contributed by atoms with van der Waals surface area (Å²) in [6.45, 7) is 2.67. The Hall–Kier alpha value is -1.62. The van der Waals surface area contributed by atoms with Crippen molar-refractivity contribution in [3.63, 3.8) is 0 Å². The maximum Gasteiger partial charge on any atom is 0.258 e. The summed E-state index contributed by atoms with van der Waals surface area (Å²) < 4.78 is 13.4. The highest BCUT2D eigenvalue weighted by atomic mass is 19.1. The van der Waals surface area contributed by atoms with Crippen LogP contribution in [0, 0.1) is 5.82 Å². The summed E-state index contributed by atoms with van der Waals surface area (Å²) in [4.78, 5) is 13.8. The Morgan fingerprint density at radius 3 is 2.72 bits per heavy atom. The van der Waals surface area contributed by atoms with Crippen molar-refractivity contribution in [3.8, 4) is 5.75 Å². The zero-order chi connectivity index (χ0) is 13.7. The van der Waals surface area contributed by atoms with E-state index >= 15 is 0 Å². The van der Waals surface area contributed by atoms with E-state index in [0.717, 1.165) is 19.0 Å². The number of phenols is 1. The summed E-state index contributed by atoms with van der Waals surface area (Å²) in [5.74, 6) is -1.64. The van der Waals surface area contributed by atoms with Crippen molar-refractivity contribution in [2.24, 2.45) is 0 Å². The normalized spacial score (nSPS) is 12.5. The van der Waals surface area contributed by atoms with Crippen LogP contribution in [-0.4, -0.2) is 42.6 Å². The Morgan fingerprint density at radius 2 is 2.17 bits per heavy atom. The topological polar surface area (TPSA) is 52.6 Å². The van der Waals surface area contributed by atoms with Crippen molar-refractivity contribution in [1.82, 2.24) is 10.2 Å². The van der Waals surface area contributed by atoms with Gasteiger partial charge in [0.05, 0.1) is 0 Å². The molecule has 0 spiro atoms. The average Bonchev–Trinajstić information content (AvgIpc) is 2.26. The second-order valence-corrected chi connectivity index (χ2v) is 4.60. The van der Waals surface area contributed by atoms with E-state index in [1.54, 1.807) is 0 Å². The Balaban J connectivity index is 2.65. The van der Waals surface area contributed by atoms with Gasteiger partial charge >= 0.3 is 0 Å². The smallest absolute Gasteiger partial charge is 0.258 e. The van der Waals surface area contributed by atoms with Gasteiger partial charge in [-0.1, -0.05) is 6.07 Å². The van der Waals surface area contributed by atoms with Crippen LogP contribution >= 0.6 is 0 Å². The molecule has 0 heterocycles. The van der Waals surface area contributed by atoms with E-state index in [-0.39, 0.29) is 17.4 Å². The van der Waals surface area contributed by atoms with Crippen LogP contribution in [0.15, 0.2) is 18.2 Å². The summed E-state index contributed by atoms with van der Waals surface area (Å²) in [6.07, 6.45) is 0.758. The predicted octanol–water partition coefficient (Wildman–Crippen LogP) is 1.60. The Morgan fingerprint density at radius 1 is 1.50 bits per heavy atom. The number of hydrogen-bond donors (Lipinski definition) is 2. The fourth-order valence-electron chi connectivity index (χ4n) is 1.56. The van der Waals surface area contributed by atoms with Crippen molar-refractivity contribution < 1.29 is 14.3 Å². The van der Waals surface area contributed by atoms with Crippen LogP contribution in [0.4, 0.5) is 4.39 Å². The standard InChI is InChI=1S/C13H19FN2O2/c1-9(7-8-16(2)3)15-13(18)12-10(14)5-4-6-11(12)17/h4-6,9,17H,7-8H2,1-3H3,(H,15,18). The van der Waals surface area contributed by atoms with Crippen LogP contribution in [-0.2, 0) is 0 Å². The first-order chi connectivity index (χ1) is 8.41. The first kappa shape index (κ1) is 14.4. The van der Waals surface area contributed by atoms with Gasteiger partial charge < -0.3 is 15.3 Å². The zero-order valence-corrected chi connectivity index (χ0v) is 10.9. The summed E-state index contributed by atoms with van der Waals surface area (Å²) in [5, 5.41) is 12.2. The number of carbonyl (C=O) groups excluding carboxylic acids is 1. The molecule has 5 heteroatoms. The summed E-state index contributed by atoms with van der Waals surface area (Å²) in [5.41, 5.74) is -0.297. The molecular weight excluding hydrogens is 235 g/mol. The van der Waals surface area contributed by atoms with Crippen LogP contribution in [0.5, 0.6) is 5.75 Å². The van der Waals surface area contributed by atoms with Crippen LogP contribution in [0.2, 0.25) is 0 Å². The monoisotopic (exact) mass is 254 g/mol. The number of aromatic hydroxyl groups is 1. The highest BCUT2D eigenvalue weighted by Crippen LogP contribution is 2.19. The molecule has 1 amide bonds. The molecule has 0 radical (unpaired) electrons. The third kappa shape index (κ3) is 4.00. The first-order valence-electron chi connectivity index (χ1n) is 5.85. The maximum absolute atomic E-state index is 13.4. The molecule has 100 valence electrons. The Labute approximate surface area is 106 Å². The van der Waals surface area contributed by atoms with Gasteiger partial charge in [0, 0.05) is 6.04 Å². The molecule has 1 rings (SSSR count). The molecule has 1 atom stereocenters. The lowest BCUT2D eigenvalue weighted by Crippen LogP contribution is -2.35. The Bertz CT molecular complexity index is 401. The second kappa shape index (κ2) is 6.35. The lowest BCUT2D eigenvalue weighted by Gasteiger charge is -2.17. The fourth-order valence-corrected chi connectivity index (χ4v) is 1.56. The molecule has 1 unspecified atom stereocenters. The number of halogens is 1. The van der Waals surface area contributed by atoms with E-state index < -0.39 is 11.7 Å². The van der Waals surface area contributed by atoms with Crippen LogP contribution in [0.3, 0.4) is 0 Å². The van der Waals surface area contributed by atoms with Crippen molar-refractivity contribution in [1.29, 1.82) is 0 Å². The molecule has 1 aromatic carbocycles. The number of hydrogen-bond acceptors (Lipinski definition) is 3. The van der Waals surface area contributed by atoms with Gasteiger partial charge in [-0.15, -0.1) is 0 Å². The molecule has 0 aromatic heterocycles. The van der Waals surface area contributed by atoms with Crippen LogP contribution < -0.4 is 5.32 Å². The van der Waals surface area contributed by atoms with Gasteiger partial charge in [-0.3, -0.25) is 4.79 Å². The van der Waals surface area contributed by atoms with Gasteiger partial charge in [0.25, 0.3) is 5.91 Å². The van der Waals surface area contributed by atoms with Crippen molar-refractivity contribution >= 4 is 5.91 Å². The zero-order valence-electron chi connectivity index (χ0n) is 10.9. The molecule has 0 bridgehead atoms. The minimum Gasteiger partial charge on any atom is -0.507 e. The van der Waals surface area contributed by atoms with Gasteiger partial charge in [-0.2, -0.15) is 0 Å². The van der Waals surface area contributed by atoms with Crippen molar-refractivity contribution in [3.05, 3.63) is 29.6 Å². The third-order valence-corrected chi connectivity index (χ3v) is 2.61. The molecule has 0 aliphatic rings. The number of rotatable bonds is 5. The molecule has 0 saturated heterocycles. The number of benzene rings is 1. The van der Waals surface area contributed by atoms with Crippen molar-refractivity contribution in [2.75, 3.05) is 20.6 Å². The predicted molar refractivity (Wildman–Crippen MR) is 68.2 cm³/mol. The largest absolute Gasteiger partial charge is 0.507 e. The fraction of sp³-hybridized carbons (Fsp3) is 0.462. The first-order valence-corrected chi connectivity index (χ1v) is 5.85. The third-order valence-electron chi connectivity index (χ3n) is 2.61. The van der Waals surface area contributed by atoms with E-state index in [9.17, 15) is 14.3 Å². The lowest BCUT2D eigenvalue weighted by atomic mass is 10.1. The molecule has 2 N–H and O–H groups in total. The van der Waals surface area contributed by atoms with Gasteiger partial charge in [-0.05, 0) is 46.1 Å². The van der Waals surface area contributed by atoms with Gasteiger partial charge in [0.2, 0.25) is 0 Å². The van der Waals surface area contributed by atoms with E-state index in [4.69, 9.17) is 0 Å². The molecule has 1 aromatic rings. The number of phenolic OH excluding ortho intramolecular Hbond substituents is 1. The highest BCUT2D eigenvalue weighted by Gasteiger charge is 2.17. The molecule has 0 fully saturated rings. The number of amides is 1. The van der Waals surface area contributed by atoms with E-state index in [2.05, 4.69) is 5.32 Å². The molecule has 0 saturated carbocycles. The molecule has 0 aliphatic carbocycles. The quantitative estimate of drug-likeness (QED) is 0.839. The molecule has 0 aliphatic heterocycles. The minimum absolute atomic E-state index is 0.0843. The SMILES string of the molecule is CC(CCN(C)C)NC(=O)c1c(O)cccc1F. The number of nitrogens with zero attached hydrogens (tertiary/aromatic N) is 1. The number of nitrogens with one attached hydrogen (secondary N) is 1. The molecule has 4 nitrogen and oxygen atoms in total. The van der Waals surface area contributed by atoms with Crippen LogP contribution in [0.25, 0.3) is 0 Å². The van der Waals surface area contributed by atoms with E-state index in [1.807, 2.05) is 25.9 Å². The second-order valence-electron chi connectivity index (χ2n) is 4.60. The number of carbonyl (C=O) groups is 1. The van der Waals surface area contributed by atoms with E-state index in [1.165, 1.54) is 12.1 Å². The summed E-state index contributed by atoms with van der Waals surface area (Å²) >= 11 is 0. The lowest BCUT2D eigenvalue weighted by molar-refractivity contribution is 0.0930. The van der Waals surface area contributed by atoms with Crippen LogP contribution in [0.1, 0.15) is 23.7 Å². The summed E-state index contributed by atoms with van der Waals surface area (Å²) in [7, 11) is 3.88. The van der Waals surface area contributed by atoms with Gasteiger partial charge in [0.15, 0.2) is 0 Å². The molecular formula is C13H19FN2O2. The minimum atomic E-state index is -0.715. The average molecular weight is 254 g/mol. The Kier molecular flexibility index (Phi) is 5.09.